The van der Waals surface area contributed by atoms with Gasteiger partial charge in [0.2, 0.25) is 35.4 Å². The number of aromatic nitrogens is 1. The van der Waals surface area contributed by atoms with Crippen LogP contribution in [0.15, 0.2) is 54.7 Å². The van der Waals surface area contributed by atoms with Gasteiger partial charge >= 0.3 is 5.97 Å². The number of nitrogens with one attached hydrogen (secondary N) is 6. The van der Waals surface area contributed by atoms with E-state index in [0.717, 1.165) is 10.9 Å². The lowest BCUT2D eigenvalue weighted by molar-refractivity contribution is -0.143. The number of phenols is 1. The number of amides is 6. The van der Waals surface area contributed by atoms with Gasteiger partial charge in [-0.15, -0.1) is 0 Å². The number of hydrogen-bond donors (Lipinski definition) is 9. The fourth-order valence-electron chi connectivity index (χ4n) is 6.40. The number of carboxylic acids is 1. The first kappa shape index (κ1) is 41.8. The normalized spacial score (nSPS) is 16.6. The van der Waals surface area contributed by atoms with E-state index in [0.29, 0.717) is 30.4 Å². The number of aliphatic carboxylic acids is 1. The van der Waals surface area contributed by atoms with Crippen LogP contribution in [0.4, 0.5) is 0 Å². The summed E-state index contributed by atoms with van der Waals surface area (Å²) in [5, 5.41) is 32.8. The van der Waals surface area contributed by atoms with Crippen molar-refractivity contribution in [3.8, 4) is 5.75 Å². The standard InChI is InChI=1S/C38H50N8O9/c1-4-21(2)33(45-31(48)18-39)37(53)46-15-7-10-30(46)36(52)42-22(3)34(50)44-28(17-24-19-40-27-9-6-5-8-26(24)27)35(51)41-20-32(49)43-29(38(54)55)16-23-11-13-25(47)14-12-23/h5-6,8-9,11-14,19,21-22,28-30,33,40,47H,4,7,10,15-18,20,39H2,1-3H3,(H,41,51)(H,42,52)(H,43,49)(H,44,50)(H,45,48)(H,54,55)/t21-,22-,28-,29-,30-,33-/m0/s1. The van der Waals surface area contributed by atoms with E-state index in [-0.39, 0.29) is 37.6 Å². The first-order valence-electron chi connectivity index (χ1n) is 18.3. The lowest BCUT2D eigenvalue weighted by Crippen LogP contribution is -2.58. The number of aromatic amines is 1. The largest absolute Gasteiger partial charge is 0.508 e. The summed E-state index contributed by atoms with van der Waals surface area (Å²) in [5.74, 6) is -5.24. The van der Waals surface area contributed by atoms with E-state index >= 15 is 0 Å². The van der Waals surface area contributed by atoms with Gasteiger partial charge in [0.1, 0.15) is 36.0 Å². The van der Waals surface area contributed by atoms with Crippen LogP contribution in [0.2, 0.25) is 0 Å². The summed E-state index contributed by atoms with van der Waals surface area (Å²) in [4.78, 5) is 95.5. The Morgan fingerprint density at radius 2 is 1.60 bits per heavy atom. The molecule has 10 N–H and O–H groups in total. The summed E-state index contributed by atoms with van der Waals surface area (Å²) >= 11 is 0. The molecule has 3 aromatic rings. The third kappa shape index (κ3) is 11.3. The Kier molecular flexibility index (Phi) is 14.7. The first-order valence-corrected chi connectivity index (χ1v) is 18.3. The Balaban J connectivity index is 1.43. The summed E-state index contributed by atoms with van der Waals surface area (Å²) in [7, 11) is 0. The van der Waals surface area contributed by atoms with Crippen LogP contribution in [0, 0.1) is 5.92 Å². The summed E-state index contributed by atoms with van der Waals surface area (Å²) < 4.78 is 0. The van der Waals surface area contributed by atoms with E-state index < -0.39 is 78.2 Å². The maximum atomic E-state index is 13.6. The third-order valence-electron chi connectivity index (χ3n) is 9.74. The minimum absolute atomic E-state index is 0.00109. The molecule has 2 aromatic carbocycles. The van der Waals surface area contributed by atoms with Crippen LogP contribution in [0.5, 0.6) is 5.75 Å². The second kappa shape index (κ2) is 19.4. The molecular formula is C38H50N8O9. The number of phenolic OH excluding ortho intramolecular Hbond substituents is 1. The Hall–Kier alpha value is -5.97. The minimum atomic E-state index is -1.32. The number of likely N-dealkylation sites (tertiary alicyclic amines) is 1. The molecule has 0 radical (unpaired) electrons. The second-order valence-corrected chi connectivity index (χ2v) is 13.7. The number of hydrogen-bond acceptors (Lipinski definition) is 9. The van der Waals surface area contributed by atoms with Crippen molar-refractivity contribution in [2.75, 3.05) is 19.6 Å². The Labute approximate surface area is 318 Å². The number of benzene rings is 2. The molecule has 1 aliphatic heterocycles. The highest BCUT2D eigenvalue weighted by Crippen LogP contribution is 2.22. The van der Waals surface area contributed by atoms with Gasteiger partial charge in [-0.25, -0.2) is 4.79 Å². The van der Waals surface area contributed by atoms with Gasteiger partial charge in [-0.2, -0.15) is 0 Å². The van der Waals surface area contributed by atoms with Gasteiger partial charge in [-0.1, -0.05) is 50.6 Å². The van der Waals surface area contributed by atoms with Crippen molar-refractivity contribution in [3.05, 3.63) is 65.9 Å². The molecule has 1 aliphatic rings. The highest BCUT2D eigenvalue weighted by molar-refractivity contribution is 5.97. The zero-order valence-electron chi connectivity index (χ0n) is 31.1. The van der Waals surface area contributed by atoms with Crippen molar-refractivity contribution < 1.29 is 43.8 Å². The average Bonchev–Trinajstić information content (AvgIpc) is 3.83. The lowest BCUT2D eigenvalue weighted by Gasteiger charge is -2.31. The SMILES string of the molecule is CC[C@H](C)[C@H](NC(=O)CN)C(=O)N1CCC[C@H]1C(=O)N[C@@H](C)C(=O)N[C@@H](Cc1c[nH]c2ccccc12)C(=O)NCC(=O)N[C@@H](Cc1ccc(O)cc1)C(=O)O. The molecule has 296 valence electrons. The van der Waals surface area contributed by atoms with E-state index in [1.165, 1.54) is 36.1 Å². The quantitative estimate of drug-likeness (QED) is 0.0825. The third-order valence-corrected chi connectivity index (χ3v) is 9.74. The van der Waals surface area contributed by atoms with E-state index in [1.807, 2.05) is 38.1 Å². The molecule has 1 fully saturated rings. The van der Waals surface area contributed by atoms with Gasteiger partial charge in [-0.05, 0) is 55.0 Å². The van der Waals surface area contributed by atoms with Crippen molar-refractivity contribution in [2.24, 2.45) is 11.7 Å². The molecule has 0 bridgehead atoms. The Morgan fingerprint density at radius 3 is 2.27 bits per heavy atom. The van der Waals surface area contributed by atoms with Crippen molar-refractivity contribution in [1.29, 1.82) is 0 Å². The molecule has 1 saturated heterocycles. The van der Waals surface area contributed by atoms with E-state index in [1.54, 1.807) is 6.20 Å². The number of rotatable bonds is 18. The predicted molar refractivity (Wildman–Crippen MR) is 201 cm³/mol. The van der Waals surface area contributed by atoms with Crippen molar-refractivity contribution in [2.45, 2.75) is 83.1 Å². The van der Waals surface area contributed by atoms with Gasteiger partial charge in [-0.3, -0.25) is 28.8 Å². The summed E-state index contributed by atoms with van der Waals surface area (Å²) in [6.45, 7) is 4.53. The predicted octanol–water partition coefficient (Wildman–Crippen LogP) is -0.186. The summed E-state index contributed by atoms with van der Waals surface area (Å²) in [5.41, 5.74) is 7.50. The number of nitrogens with zero attached hydrogens (tertiary/aromatic N) is 1. The smallest absolute Gasteiger partial charge is 0.326 e. The van der Waals surface area contributed by atoms with Crippen LogP contribution in [0.25, 0.3) is 10.9 Å². The zero-order valence-corrected chi connectivity index (χ0v) is 31.1. The highest BCUT2D eigenvalue weighted by Gasteiger charge is 2.40. The number of para-hydroxylation sites is 1. The molecular weight excluding hydrogens is 712 g/mol. The molecule has 17 heteroatoms. The zero-order chi connectivity index (χ0) is 40.2. The van der Waals surface area contributed by atoms with Gasteiger partial charge in [0.25, 0.3) is 0 Å². The number of aromatic hydroxyl groups is 1. The Bertz CT molecular complexity index is 1860. The molecule has 1 aromatic heterocycles. The minimum Gasteiger partial charge on any atom is -0.508 e. The summed E-state index contributed by atoms with van der Waals surface area (Å²) in [6, 6.07) is 7.72. The van der Waals surface area contributed by atoms with Crippen molar-refractivity contribution >= 4 is 52.3 Å². The molecule has 6 atom stereocenters. The van der Waals surface area contributed by atoms with E-state index in [4.69, 9.17) is 5.73 Å². The maximum absolute atomic E-state index is 13.6. The molecule has 4 rings (SSSR count). The molecule has 6 amide bonds. The molecule has 0 aliphatic carbocycles. The van der Waals surface area contributed by atoms with Crippen molar-refractivity contribution in [3.63, 3.8) is 0 Å². The van der Waals surface area contributed by atoms with Crippen molar-refractivity contribution in [1.82, 2.24) is 36.5 Å². The van der Waals surface area contributed by atoms with Gasteiger partial charge in [0, 0.05) is 36.5 Å². The van der Waals surface area contributed by atoms with Crippen LogP contribution in [-0.4, -0.2) is 111 Å². The second-order valence-electron chi connectivity index (χ2n) is 13.7. The van der Waals surface area contributed by atoms with Crippen LogP contribution < -0.4 is 32.3 Å². The van der Waals surface area contributed by atoms with Gasteiger partial charge in [0.15, 0.2) is 0 Å². The van der Waals surface area contributed by atoms with E-state index in [9.17, 15) is 43.8 Å². The Morgan fingerprint density at radius 1 is 0.891 bits per heavy atom. The number of nitrogens with two attached hydrogens (primary N) is 1. The number of H-pyrrole nitrogens is 1. The van der Waals surface area contributed by atoms with Gasteiger partial charge < -0.3 is 52.4 Å². The monoisotopic (exact) mass is 762 g/mol. The fraction of sp³-hybridized carbons (Fsp3) is 0.447. The maximum Gasteiger partial charge on any atom is 0.326 e. The molecule has 0 spiro atoms. The number of carboxylic acid groups (broad SMARTS) is 1. The average molecular weight is 763 g/mol. The molecule has 55 heavy (non-hydrogen) atoms. The highest BCUT2D eigenvalue weighted by atomic mass is 16.4. The molecule has 17 nitrogen and oxygen atoms in total. The fourth-order valence-corrected chi connectivity index (χ4v) is 6.40. The van der Waals surface area contributed by atoms with Gasteiger partial charge in [0.05, 0.1) is 13.1 Å². The number of fused-ring (bicyclic) bond motifs is 1. The first-order chi connectivity index (χ1) is 26.2. The van der Waals surface area contributed by atoms with Crippen LogP contribution in [0.1, 0.15) is 51.2 Å². The summed E-state index contributed by atoms with van der Waals surface area (Å²) in [6.07, 6.45) is 3.09. The molecule has 0 saturated carbocycles. The topological polar surface area (TPSA) is 265 Å². The van der Waals surface area contributed by atoms with Crippen LogP contribution in [0.3, 0.4) is 0 Å². The van der Waals surface area contributed by atoms with Crippen LogP contribution in [-0.2, 0) is 46.4 Å². The molecule has 0 unspecified atom stereocenters. The van der Waals surface area contributed by atoms with Crippen LogP contribution >= 0.6 is 0 Å². The number of carbonyl (C=O) groups excluding carboxylic acids is 6. The molecule has 2 heterocycles. The number of carbonyl (C=O) groups is 7. The van der Waals surface area contributed by atoms with E-state index in [2.05, 4.69) is 31.6 Å². The lowest BCUT2D eigenvalue weighted by atomic mass is 9.97.